The molecule has 28 nitrogen and oxygen atoms in total. The topological polar surface area (TPSA) is 350 Å². The number of aryl methyl sites for hydroxylation is 3. The maximum atomic E-state index is 12.9. The summed E-state index contributed by atoms with van der Waals surface area (Å²) in [4.78, 5) is 92.5. The SMILES string of the molecule is CN(C)C(=N)c1ccc(C(=O)Nc2c(C(=O)Nc3ccc(Cl)cc3)cnn2C)cc1.CN1CCN(C(=N)c2ccc(C(=O)Nc3c(C(=O)Nc4ccc(Cl)cn4)cnn3C)cc2)CC1.Cn1ncc(C(=O)Nc2ccc(Cl)cn2)c1NC(=O)c1ccc(C(=N)N2CCNCC2)cc1. The monoisotopic (exact) mass is 1370 g/mol. The summed E-state index contributed by atoms with van der Waals surface area (Å²) in [6, 6.07) is 33.4. The highest BCUT2D eigenvalue weighted by Crippen LogP contribution is 2.24. The fraction of sp³-hybridized carbons (Fsp3) is 0.212. The van der Waals surface area contributed by atoms with E-state index in [1.54, 1.807) is 161 Å². The number of nitrogens with zero attached hydrogens (tertiary/aromatic N) is 12. The van der Waals surface area contributed by atoms with Crippen LogP contribution < -0.4 is 37.2 Å². The Morgan fingerprint density at radius 3 is 1.10 bits per heavy atom. The first-order chi connectivity index (χ1) is 46.5. The van der Waals surface area contributed by atoms with Gasteiger partial charge in [0.15, 0.2) is 0 Å². The molecule has 2 fully saturated rings. The van der Waals surface area contributed by atoms with Crippen molar-refractivity contribution in [3.05, 3.63) is 217 Å². The zero-order valence-electron chi connectivity index (χ0n) is 53.5. The first-order valence-corrected chi connectivity index (χ1v) is 31.2. The molecule has 9 aromatic rings. The summed E-state index contributed by atoms with van der Waals surface area (Å²) in [5.74, 6) is 0.159. The first kappa shape index (κ1) is 70.2. The number of hydrogen-bond donors (Lipinski definition) is 10. The second-order valence-electron chi connectivity index (χ2n) is 22.2. The average Bonchev–Trinajstić information content (AvgIpc) is 1.76. The van der Waals surface area contributed by atoms with Crippen molar-refractivity contribution in [2.45, 2.75) is 0 Å². The summed E-state index contributed by atoms with van der Waals surface area (Å²) >= 11 is 17.5. The fourth-order valence-electron chi connectivity index (χ4n) is 9.67. The highest BCUT2D eigenvalue weighted by atomic mass is 35.5. The van der Waals surface area contributed by atoms with E-state index in [2.05, 4.69) is 74.4 Å². The molecule has 11 rings (SSSR count). The molecule has 0 atom stereocenters. The average molecular weight is 1370 g/mol. The van der Waals surface area contributed by atoms with E-state index in [0.717, 1.165) is 63.5 Å². The minimum absolute atomic E-state index is 0.194. The Hall–Kier alpha value is -11.2. The molecule has 10 N–H and O–H groups in total. The van der Waals surface area contributed by atoms with Gasteiger partial charge in [-0.25, -0.2) is 9.97 Å². The van der Waals surface area contributed by atoms with Crippen molar-refractivity contribution in [1.29, 1.82) is 16.2 Å². The predicted octanol–water partition coefficient (Wildman–Crippen LogP) is 8.21. The maximum absolute atomic E-state index is 12.9. The van der Waals surface area contributed by atoms with E-state index in [1.165, 1.54) is 45.0 Å². The lowest BCUT2D eigenvalue weighted by atomic mass is 10.1. The summed E-state index contributed by atoms with van der Waals surface area (Å²) in [6.07, 6.45) is 6.99. The van der Waals surface area contributed by atoms with Gasteiger partial charge in [0.1, 0.15) is 63.3 Å². The quantitative estimate of drug-likeness (QED) is 0.0341. The van der Waals surface area contributed by atoms with Crippen molar-refractivity contribution in [2.75, 3.05) is 105 Å². The van der Waals surface area contributed by atoms with E-state index in [4.69, 9.17) is 51.0 Å². The Bertz CT molecular complexity index is 4340. The van der Waals surface area contributed by atoms with Crippen LogP contribution in [0.3, 0.4) is 0 Å². The van der Waals surface area contributed by atoms with Crippen molar-refractivity contribution in [3.8, 4) is 0 Å². The molecule has 6 amide bonds. The third-order valence-corrected chi connectivity index (χ3v) is 15.9. The number of rotatable bonds is 15. The zero-order chi connectivity index (χ0) is 69.4. The van der Waals surface area contributed by atoms with Crippen LogP contribution >= 0.6 is 34.8 Å². The van der Waals surface area contributed by atoms with Crippen LogP contribution in [0.5, 0.6) is 0 Å². The van der Waals surface area contributed by atoms with E-state index >= 15 is 0 Å². The lowest BCUT2D eigenvalue weighted by Gasteiger charge is -2.34. The molecule has 0 spiro atoms. The number of amidine groups is 3. The number of halogens is 3. The molecule has 2 saturated heterocycles. The summed E-state index contributed by atoms with van der Waals surface area (Å²) in [5, 5.41) is 58.2. The van der Waals surface area contributed by atoms with Gasteiger partial charge in [-0.05, 0) is 92.0 Å². The van der Waals surface area contributed by atoms with Crippen molar-refractivity contribution in [1.82, 2.24) is 64.2 Å². The number of amides is 6. The lowest BCUT2D eigenvalue weighted by Crippen LogP contribution is -2.47. The molecule has 0 unspecified atom stereocenters. The Morgan fingerprint density at radius 1 is 0.402 bits per heavy atom. The summed E-state index contributed by atoms with van der Waals surface area (Å²) in [6.45, 7) is 6.67. The smallest absolute Gasteiger partial charge is 0.262 e. The highest BCUT2D eigenvalue weighted by Gasteiger charge is 2.25. The van der Waals surface area contributed by atoms with Gasteiger partial charge in [-0.3, -0.25) is 59.0 Å². The van der Waals surface area contributed by atoms with Crippen LogP contribution in [-0.4, -0.2) is 185 Å². The normalized spacial score (nSPS) is 12.7. The molecular weight excluding hydrogens is 1300 g/mol. The second kappa shape index (κ2) is 32.3. The fourth-order valence-corrected chi connectivity index (χ4v) is 10.0. The molecule has 4 aromatic carbocycles. The van der Waals surface area contributed by atoms with Gasteiger partial charge in [-0.15, -0.1) is 0 Å². The lowest BCUT2D eigenvalue weighted by molar-refractivity contribution is 0.101. The number of piperazine rings is 2. The number of likely N-dealkylation sites (N-methyl/N-ethyl adjacent to an activating group) is 1. The molecule has 0 saturated carbocycles. The minimum Gasteiger partial charge on any atom is -0.363 e. The van der Waals surface area contributed by atoms with Crippen LogP contribution in [0.15, 0.2) is 152 Å². The number of aromatic nitrogens is 8. The van der Waals surface area contributed by atoms with Crippen molar-refractivity contribution in [2.24, 2.45) is 21.1 Å². The third kappa shape index (κ3) is 18.4. The molecule has 0 aliphatic carbocycles. The van der Waals surface area contributed by atoms with Gasteiger partial charge in [-0.2, -0.15) is 15.3 Å². The van der Waals surface area contributed by atoms with E-state index in [9.17, 15) is 28.8 Å². The van der Waals surface area contributed by atoms with E-state index < -0.39 is 23.6 Å². The molecule has 5 aromatic heterocycles. The second-order valence-corrected chi connectivity index (χ2v) is 23.6. The molecule has 2 aliphatic rings. The van der Waals surface area contributed by atoms with Crippen LogP contribution in [0.25, 0.3) is 0 Å². The Labute approximate surface area is 572 Å². The standard InChI is InChI=1S/C23H25ClN8O2.C22H23ClN8O2.C21H21ClN6O2/c1-30-9-11-32(12-10-30)20(25)15-3-5-16(6-4-15)22(33)29-21-18(14-27-31(21)2)23(34)28-19-8-7-17(24)13-26-19;1-30-20(17(13-27-30)22(33)28-18-7-6-16(23)12-26-18)29-21(32)15-4-2-14(3-5-15)19(24)31-10-8-25-9-11-31;1-27(2)18(23)13-4-6-14(7-5-13)20(29)26-19-17(12-24-28(19)3)21(30)25-16-10-8-15(22)9-11-16/h3-8,13-14,25H,9-12H2,1-2H3,(H,29,33)(H,26,28,34);2-7,12-13,24-25H,8-11H2,1H3,(H,29,32)(H,26,28,33);4-12,23H,1-3H3,(H,25,30)(H,26,29). The first-order valence-electron chi connectivity index (χ1n) is 30.1. The van der Waals surface area contributed by atoms with Crippen molar-refractivity contribution < 1.29 is 28.8 Å². The molecule has 0 bridgehead atoms. The molecule has 7 heterocycles. The minimum atomic E-state index is -0.465. The summed E-state index contributed by atoms with van der Waals surface area (Å²) in [5.41, 5.74) is 4.58. The molecule has 500 valence electrons. The predicted molar refractivity (Wildman–Crippen MR) is 374 cm³/mol. The Balaban J connectivity index is 0.000000171. The van der Waals surface area contributed by atoms with Crippen LogP contribution in [-0.2, 0) is 21.1 Å². The molecule has 31 heteroatoms. The third-order valence-electron chi connectivity index (χ3n) is 15.2. The number of carbonyl (C=O) groups excluding carboxylic acids is 6. The van der Waals surface area contributed by atoms with Gasteiger partial charge >= 0.3 is 0 Å². The number of anilines is 6. The van der Waals surface area contributed by atoms with Crippen LogP contribution in [0.2, 0.25) is 15.1 Å². The number of nitrogens with one attached hydrogen (secondary N) is 10. The van der Waals surface area contributed by atoms with Crippen molar-refractivity contribution in [3.63, 3.8) is 0 Å². The van der Waals surface area contributed by atoms with Gasteiger partial charge in [0.25, 0.3) is 35.4 Å². The highest BCUT2D eigenvalue weighted by molar-refractivity contribution is 6.31. The van der Waals surface area contributed by atoms with E-state index in [0.29, 0.717) is 72.2 Å². The van der Waals surface area contributed by atoms with Gasteiger partial charge in [0.05, 0.1) is 28.6 Å². The van der Waals surface area contributed by atoms with Gasteiger partial charge in [0, 0.05) is 144 Å². The van der Waals surface area contributed by atoms with Gasteiger partial charge < -0.3 is 56.8 Å². The van der Waals surface area contributed by atoms with Crippen molar-refractivity contribution >= 4 is 123 Å². The van der Waals surface area contributed by atoms with Gasteiger partial charge in [-0.1, -0.05) is 71.2 Å². The van der Waals surface area contributed by atoms with Gasteiger partial charge in [0.2, 0.25) is 0 Å². The molecule has 0 radical (unpaired) electrons. The number of pyridine rings is 2. The van der Waals surface area contributed by atoms with E-state index in [1.807, 2.05) is 9.80 Å². The number of carbonyl (C=O) groups is 6. The molecule has 2 aliphatic heterocycles. The number of benzene rings is 4. The summed E-state index contributed by atoms with van der Waals surface area (Å²) in [7, 11) is 10.5. The maximum Gasteiger partial charge on any atom is 0.262 e. The molecular formula is C66H69Cl3N22O6. The van der Waals surface area contributed by atoms with Crippen LogP contribution in [0.4, 0.5) is 34.8 Å². The van der Waals surface area contributed by atoms with Crippen LogP contribution in [0, 0.1) is 16.2 Å². The molecule has 97 heavy (non-hydrogen) atoms. The Morgan fingerprint density at radius 2 is 0.742 bits per heavy atom. The zero-order valence-corrected chi connectivity index (χ0v) is 55.8. The number of hydrogen-bond acceptors (Lipinski definition) is 16. The Kier molecular flexibility index (Phi) is 23.4. The van der Waals surface area contributed by atoms with E-state index in [-0.39, 0.29) is 46.0 Å². The summed E-state index contributed by atoms with van der Waals surface area (Å²) < 4.78 is 4.25. The van der Waals surface area contributed by atoms with Crippen LogP contribution in [0.1, 0.15) is 78.8 Å². The largest absolute Gasteiger partial charge is 0.363 e.